The number of hydrogen-bond acceptors (Lipinski definition) is 3. The van der Waals surface area contributed by atoms with E-state index in [1.54, 1.807) is 7.11 Å². The van der Waals surface area contributed by atoms with Crippen molar-refractivity contribution >= 4 is 6.29 Å². The molecule has 0 aromatic heterocycles. The molecule has 29 heavy (non-hydrogen) atoms. The summed E-state index contributed by atoms with van der Waals surface area (Å²) in [5, 5.41) is 3.66. The molecular formula is C26H27NO2. The summed E-state index contributed by atoms with van der Waals surface area (Å²) in [6.45, 7) is 0. The lowest BCUT2D eigenvalue weighted by Crippen LogP contribution is -2.42. The molecule has 4 rings (SSSR count). The predicted molar refractivity (Wildman–Crippen MR) is 116 cm³/mol. The molecular weight excluding hydrogens is 358 g/mol. The minimum Gasteiger partial charge on any atom is -0.496 e. The number of nitrogens with one attached hydrogen (secondary N) is 1. The molecule has 1 aliphatic carbocycles. The second-order valence-corrected chi connectivity index (χ2v) is 7.66. The number of ether oxygens (including phenoxy) is 1. The van der Waals surface area contributed by atoms with Gasteiger partial charge in [0.05, 0.1) is 13.2 Å². The molecule has 1 N–H and O–H groups in total. The van der Waals surface area contributed by atoms with Crippen LogP contribution in [0, 0.1) is 0 Å². The van der Waals surface area contributed by atoms with Crippen LogP contribution >= 0.6 is 0 Å². The first-order valence-electron chi connectivity index (χ1n) is 10.3. The summed E-state index contributed by atoms with van der Waals surface area (Å²) in [4.78, 5) is 12.0. The summed E-state index contributed by atoms with van der Waals surface area (Å²) in [7, 11) is 1.65. The molecule has 3 aromatic carbocycles. The van der Waals surface area contributed by atoms with Crippen LogP contribution in [-0.4, -0.2) is 19.4 Å². The van der Waals surface area contributed by atoms with Crippen LogP contribution in [-0.2, 0) is 17.6 Å². The van der Waals surface area contributed by atoms with Crippen molar-refractivity contribution in [2.75, 3.05) is 7.11 Å². The van der Waals surface area contributed by atoms with Gasteiger partial charge in [0.2, 0.25) is 0 Å². The number of para-hydroxylation sites is 1. The Balaban J connectivity index is 1.64. The Morgan fingerprint density at radius 1 is 1.00 bits per heavy atom. The number of hydrogen-bond donors (Lipinski definition) is 1. The molecule has 3 heteroatoms. The number of benzene rings is 3. The van der Waals surface area contributed by atoms with Crippen LogP contribution in [0.25, 0.3) is 0 Å². The van der Waals surface area contributed by atoms with Gasteiger partial charge in [0.1, 0.15) is 12.0 Å². The number of rotatable bonds is 7. The van der Waals surface area contributed by atoms with Crippen molar-refractivity contribution in [1.29, 1.82) is 0 Å². The number of methoxy groups -OCH3 is 1. The highest BCUT2D eigenvalue weighted by molar-refractivity contribution is 5.64. The summed E-state index contributed by atoms with van der Waals surface area (Å²) in [5.74, 6) is 1.06. The van der Waals surface area contributed by atoms with Crippen LogP contribution in [0.5, 0.6) is 5.75 Å². The van der Waals surface area contributed by atoms with E-state index in [2.05, 4.69) is 59.9 Å². The standard InChI is InChI=1S/C26H27NO2/c1-29-26-14-8-7-13-22(26)25(18-28)27-24-16-15-20-11-5-6-12-21(20)23(24)17-19-9-3-2-4-10-19/h2-14,18,23-25,27H,15-17H2,1H3. The van der Waals surface area contributed by atoms with Gasteiger partial charge in [0, 0.05) is 17.5 Å². The van der Waals surface area contributed by atoms with E-state index in [1.807, 2.05) is 24.3 Å². The number of carbonyl (C=O) groups excluding carboxylic acids is 1. The summed E-state index contributed by atoms with van der Waals surface area (Å²) in [6.07, 6.45) is 3.98. The molecule has 0 heterocycles. The zero-order valence-corrected chi connectivity index (χ0v) is 16.8. The molecule has 0 spiro atoms. The van der Waals surface area contributed by atoms with Crippen LogP contribution in [0.4, 0.5) is 0 Å². The van der Waals surface area contributed by atoms with Gasteiger partial charge in [-0.1, -0.05) is 72.8 Å². The molecule has 0 radical (unpaired) electrons. The van der Waals surface area contributed by atoms with E-state index >= 15 is 0 Å². The van der Waals surface area contributed by atoms with Crippen LogP contribution in [0.15, 0.2) is 78.9 Å². The average Bonchev–Trinajstić information content (AvgIpc) is 2.79. The van der Waals surface area contributed by atoms with Gasteiger partial charge < -0.3 is 14.8 Å². The summed E-state index contributed by atoms with van der Waals surface area (Å²) < 4.78 is 5.50. The Bertz CT molecular complexity index is 954. The molecule has 0 bridgehead atoms. The van der Waals surface area contributed by atoms with Gasteiger partial charge in [-0.3, -0.25) is 0 Å². The minimum absolute atomic E-state index is 0.213. The summed E-state index contributed by atoms with van der Waals surface area (Å²) >= 11 is 0. The maximum Gasteiger partial charge on any atom is 0.141 e. The zero-order valence-electron chi connectivity index (χ0n) is 16.8. The highest BCUT2D eigenvalue weighted by Crippen LogP contribution is 2.36. The Labute approximate surface area is 172 Å². The molecule has 0 aliphatic heterocycles. The maximum atomic E-state index is 12.0. The Morgan fingerprint density at radius 2 is 1.72 bits per heavy atom. The second kappa shape index (κ2) is 9.06. The molecule has 3 nitrogen and oxygen atoms in total. The predicted octanol–water partition coefficient (Wildman–Crippen LogP) is 4.87. The summed E-state index contributed by atoms with van der Waals surface area (Å²) in [5.41, 5.74) is 5.03. The molecule has 3 atom stereocenters. The smallest absolute Gasteiger partial charge is 0.141 e. The van der Waals surface area contributed by atoms with Crippen molar-refractivity contribution < 1.29 is 9.53 Å². The van der Waals surface area contributed by atoms with Crippen molar-refractivity contribution in [1.82, 2.24) is 5.32 Å². The van der Waals surface area contributed by atoms with Crippen LogP contribution < -0.4 is 10.1 Å². The second-order valence-electron chi connectivity index (χ2n) is 7.66. The fourth-order valence-corrected chi connectivity index (χ4v) is 4.53. The van der Waals surface area contributed by atoms with E-state index in [9.17, 15) is 4.79 Å². The van der Waals surface area contributed by atoms with Gasteiger partial charge in [-0.15, -0.1) is 0 Å². The molecule has 3 aromatic rings. The molecule has 0 fully saturated rings. The third kappa shape index (κ3) is 4.25. The first-order valence-corrected chi connectivity index (χ1v) is 10.3. The Morgan fingerprint density at radius 3 is 2.52 bits per heavy atom. The van der Waals surface area contributed by atoms with E-state index in [0.717, 1.165) is 36.9 Å². The molecule has 0 saturated heterocycles. The number of fused-ring (bicyclic) bond motifs is 1. The quantitative estimate of drug-likeness (QED) is 0.590. The van der Waals surface area contributed by atoms with E-state index in [0.29, 0.717) is 5.92 Å². The number of aryl methyl sites for hydroxylation is 1. The lowest BCUT2D eigenvalue weighted by atomic mass is 9.76. The molecule has 3 unspecified atom stereocenters. The van der Waals surface area contributed by atoms with E-state index in [4.69, 9.17) is 4.74 Å². The first kappa shape index (κ1) is 19.4. The zero-order chi connectivity index (χ0) is 20.1. The number of aldehydes is 1. The normalized spacial score (nSPS) is 19.2. The Hall–Kier alpha value is -2.91. The largest absolute Gasteiger partial charge is 0.496 e. The average molecular weight is 386 g/mol. The molecule has 1 aliphatic rings. The van der Waals surface area contributed by atoms with Crippen LogP contribution in [0.2, 0.25) is 0 Å². The van der Waals surface area contributed by atoms with Gasteiger partial charge >= 0.3 is 0 Å². The monoisotopic (exact) mass is 385 g/mol. The third-order valence-corrected chi connectivity index (χ3v) is 5.97. The van der Waals surface area contributed by atoms with Gasteiger partial charge in [-0.25, -0.2) is 0 Å². The highest BCUT2D eigenvalue weighted by atomic mass is 16.5. The van der Waals surface area contributed by atoms with Gasteiger partial charge in [-0.05, 0) is 42.0 Å². The maximum absolute atomic E-state index is 12.0. The van der Waals surface area contributed by atoms with E-state index in [-0.39, 0.29) is 12.1 Å². The number of carbonyl (C=O) groups is 1. The van der Waals surface area contributed by atoms with Gasteiger partial charge in [-0.2, -0.15) is 0 Å². The lowest BCUT2D eigenvalue weighted by Gasteiger charge is -2.36. The van der Waals surface area contributed by atoms with Crippen LogP contribution in [0.3, 0.4) is 0 Å². The van der Waals surface area contributed by atoms with Gasteiger partial charge in [0.25, 0.3) is 0 Å². The van der Waals surface area contributed by atoms with Gasteiger partial charge in [0.15, 0.2) is 0 Å². The van der Waals surface area contributed by atoms with Crippen molar-refractivity contribution in [2.45, 2.75) is 37.3 Å². The summed E-state index contributed by atoms with van der Waals surface area (Å²) in [6, 6.07) is 26.9. The lowest BCUT2D eigenvalue weighted by molar-refractivity contribution is -0.110. The molecule has 148 valence electrons. The highest BCUT2D eigenvalue weighted by Gasteiger charge is 2.31. The van der Waals surface area contributed by atoms with E-state index < -0.39 is 0 Å². The van der Waals surface area contributed by atoms with Crippen LogP contribution in [0.1, 0.15) is 40.6 Å². The van der Waals surface area contributed by atoms with Crippen molar-refractivity contribution in [3.8, 4) is 5.75 Å². The topological polar surface area (TPSA) is 38.3 Å². The molecule has 0 saturated carbocycles. The first-order chi connectivity index (χ1) is 14.3. The van der Waals surface area contributed by atoms with Crippen molar-refractivity contribution in [3.05, 3.63) is 101 Å². The Kier molecular flexibility index (Phi) is 6.06. The SMILES string of the molecule is COc1ccccc1C(C=O)NC1CCc2ccccc2C1Cc1ccccc1. The fraction of sp³-hybridized carbons (Fsp3) is 0.269. The van der Waals surface area contributed by atoms with E-state index in [1.165, 1.54) is 16.7 Å². The minimum atomic E-state index is -0.389. The van der Waals surface area contributed by atoms with Crippen molar-refractivity contribution in [2.24, 2.45) is 0 Å². The molecule has 0 amide bonds. The fourth-order valence-electron chi connectivity index (χ4n) is 4.53. The van der Waals surface area contributed by atoms with Crippen molar-refractivity contribution in [3.63, 3.8) is 0 Å². The third-order valence-electron chi connectivity index (χ3n) is 5.97.